The summed E-state index contributed by atoms with van der Waals surface area (Å²) in [4.78, 5) is 4.61. The fourth-order valence-corrected chi connectivity index (χ4v) is 4.49. The van der Waals surface area contributed by atoms with Gasteiger partial charge in [-0.05, 0) is 56.1 Å². The summed E-state index contributed by atoms with van der Waals surface area (Å²) in [5.74, 6) is 1.54. The molecule has 0 spiro atoms. The first-order valence-electron chi connectivity index (χ1n) is 10.1. The molecule has 1 saturated heterocycles. The highest BCUT2D eigenvalue weighted by Gasteiger charge is 2.25. The molecule has 1 aliphatic heterocycles. The first-order chi connectivity index (χ1) is 12.7. The molecule has 2 N–H and O–H groups in total. The van der Waals surface area contributed by atoms with Crippen molar-refractivity contribution >= 4 is 11.3 Å². The number of fused-ring (bicyclic) bond motifs is 1. The van der Waals surface area contributed by atoms with E-state index in [1.807, 2.05) is 4.52 Å². The third-order valence-corrected chi connectivity index (χ3v) is 5.78. The van der Waals surface area contributed by atoms with Crippen LogP contribution in [0, 0.1) is 0 Å². The van der Waals surface area contributed by atoms with Crippen LogP contribution in [0.1, 0.15) is 63.9 Å². The van der Waals surface area contributed by atoms with Gasteiger partial charge in [0.1, 0.15) is 11.8 Å². The maximum absolute atomic E-state index is 5.54. The predicted molar refractivity (Wildman–Crippen MR) is 104 cm³/mol. The van der Waals surface area contributed by atoms with Gasteiger partial charge >= 0.3 is 0 Å². The highest BCUT2D eigenvalue weighted by molar-refractivity contribution is 5.73. The normalized spacial score (nSPS) is 25.0. The minimum atomic E-state index is 0.497. The van der Waals surface area contributed by atoms with Gasteiger partial charge in [0, 0.05) is 37.5 Å². The zero-order chi connectivity index (χ0) is 17.9. The van der Waals surface area contributed by atoms with E-state index in [1.165, 1.54) is 31.2 Å². The number of anilines is 1. The van der Waals surface area contributed by atoms with Gasteiger partial charge in [0.2, 0.25) is 0 Å². The maximum Gasteiger partial charge on any atom is 0.154 e. The molecule has 1 aliphatic carbocycles. The third kappa shape index (κ3) is 3.86. The molecule has 2 fully saturated rings. The largest absolute Gasteiger partial charge is 0.381 e. The highest BCUT2D eigenvalue weighted by atomic mass is 16.5. The van der Waals surface area contributed by atoms with E-state index in [9.17, 15) is 0 Å². The number of hydrogen-bond acceptors (Lipinski definition) is 5. The van der Waals surface area contributed by atoms with E-state index in [1.54, 1.807) is 6.33 Å². The molecule has 2 aliphatic rings. The summed E-state index contributed by atoms with van der Waals surface area (Å²) < 4.78 is 7.52. The van der Waals surface area contributed by atoms with Gasteiger partial charge in [0.15, 0.2) is 5.82 Å². The van der Waals surface area contributed by atoms with Crippen molar-refractivity contribution in [2.75, 3.05) is 18.5 Å². The number of rotatable bonds is 5. The molecule has 26 heavy (non-hydrogen) atoms. The van der Waals surface area contributed by atoms with E-state index >= 15 is 0 Å². The lowest BCUT2D eigenvalue weighted by atomic mass is 9.90. The Balaban J connectivity index is 1.49. The summed E-state index contributed by atoms with van der Waals surface area (Å²) in [6.45, 7) is 6.16. The van der Waals surface area contributed by atoms with Crippen LogP contribution in [0.5, 0.6) is 0 Å². The highest BCUT2D eigenvalue weighted by Crippen LogP contribution is 2.33. The minimum absolute atomic E-state index is 0.497. The van der Waals surface area contributed by atoms with Crippen molar-refractivity contribution in [1.82, 2.24) is 19.9 Å². The summed E-state index contributed by atoms with van der Waals surface area (Å²) in [6, 6.07) is 3.93. The molecule has 0 unspecified atom stereocenters. The van der Waals surface area contributed by atoms with Crippen molar-refractivity contribution in [3.8, 4) is 0 Å². The van der Waals surface area contributed by atoms with Gasteiger partial charge < -0.3 is 15.4 Å². The molecular formula is C20H31N5O. The summed E-state index contributed by atoms with van der Waals surface area (Å²) in [7, 11) is 0. The van der Waals surface area contributed by atoms with E-state index in [4.69, 9.17) is 4.74 Å². The van der Waals surface area contributed by atoms with Crippen LogP contribution in [-0.4, -0.2) is 45.9 Å². The lowest BCUT2D eigenvalue weighted by Gasteiger charge is -2.31. The Bertz CT molecular complexity index is 714. The molecule has 0 aromatic carbocycles. The van der Waals surface area contributed by atoms with Crippen molar-refractivity contribution in [3.63, 3.8) is 0 Å². The van der Waals surface area contributed by atoms with Crippen molar-refractivity contribution in [2.24, 2.45) is 0 Å². The molecule has 6 heteroatoms. The minimum Gasteiger partial charge on any atom is -0.381 e. The SMILES string of the molecule is CC(C)NC1CCC(Nc2ncnn3ccc(C4CCOCC4)c23)CC1. The van der Waals surface area contributed by atoms with E-state index in [2.05, 4.69) is 46.8 Å². The maximum atomic E-state index is 5.54. The molecule has 2 aromatic heterocycles. The fourth-order valence-electron chi connectivity index (χ4n) is 4.49. The van der Waals surface area contributed by atoms with Crippen molar-refractivity contribution in [1.29, 1.82) is 0 Å². The van der Waals surface area contributed by atoms with Crippen LogP contribution in [-0.2, 0) is 4.74 Å². The smallest absolute Gasteiger partial charge is 0.154 e. The van der Waals surface area contributed by atoms with Crippen LogP contribution in [0.2, 0.25) is 0 Å². The van der Waals surface area contributed by atoms with E-state index < -0.39 is 0 Å². The van der Waals surface area contributed by atoms with Gasteiger partial charge in [-0.1, -0.05) is 13.8 Å². The van der Waals surface area contributed by atoms with Crippen LogP contribution in [0.4, 0.5) is 5.82 Å². The average molecular weight is 358 g/mol. The lowest BCUT2D eigenvalue weighted by Crippen LogP contribution is -2.40. The van der Waals surface area contributed by atoms with Crippen molar-refractivity contribution in [3.05, 3.63) is 24.2 Å². The van der Waals surface area contributed by atoms with E-state index in [-0.39, 0.29) is 0 Å². The number of nitrogens with one attached hydrogen (secondary N) is 2. The monoisotopic (exact) mass is 357 g/mol. The number of hydrogen-bond donors (Lipinski definition) is 2. The number of nitrogens with zero attached hydrogens (tertiary/aromatic N) is 3. The Hall–Kier alpha value is -1.66. The second-order valence-corrected chi connectivity index (χ2v) is 8.07. The second kappa shape index (κ2) is 7.92. The number of aromatic nitrogens is 3. The first kappa shape index (κ1) is 17.7. The molecular weight excluding hydrogens is 326 g/mol. The molecule has 1 saturated carbocycles. The summed E-state index contributed by atoms with van der Waals surface area (Å²) in [5, 5.41) is 11.8. The Morgan fingerprint density at radius 1 is 1.08 bits per heavy atom. The van der Waals surface area contributed by atoms with Gasteiger partial charge in [-0.15, -0.1) is 0 Å². The fraction of sp³-hybridized carbons (Fsp3) is 0.700. The van der Waals surface area contributed by atoms with Gasteiger partial charge in [0.25, 0.3) is 0 Å². The standard InChI is InChI=1S/C20H31N5O/c1-14(2)23-16-3-5-17(6-4-16)24-20-19-18(15-8-11-26-12-9-15)7-10-25(19)22-13-21-20/h7,10,13-17,23H,3-6,8-9,11-12H2,1-2H3,(H,21,22,24). The molecule has 0 radical (unpaired) electrons. The van der Waals surface area contributed by atoms with Crippen LogP contribution in [0.3, 0.4) is 0 Å². The summed E-state index contributed by atoms with van der Waals surface area (Å²) in [5.41, 5.74) is 2.52. The molecule has 3 heterocycles. The molecule has 6 nitrogen and oxygen atoms in total. The van der Waals surface area contributed by atoms with Crippen LogP contribution >= 0.6 is 0 Å². The first-order valence-corrected chi connectivity index (χ1v) is 10.1. The molecule has 142 valence electrons. The van der Waals surface area contributed by atoms with E-state index in [0.29, 0.717) is 24.0 Å². The molecule has 4 rings (SSSR count). The summed E-state index contributed by atoms with van der Waals surface area (Å²) in [6.07, 6.45) is 10.7. The van der Waals surface area contributed by atoms with E-state index in [0.717, 1.165) is 37.4 Å². The Labute approximate surface area is 155 Å². The van der Waals surface area contributed by atoms with Gasteiger partial charge in [-0.3, -0.25) is 0 Å². The number of ether oxygens (including phenoxy) is 1. The topological polar surface area (TPSA) is 63.5 Å². The quantitative estimate of drug-likeness (QED) is 0.859. The van der Waals surface area contributed by atoms with Crippen LogP contribution < -0.4 is 10.6 Å². The van der Waals surface area contributed by atoms with Crippen LogP contribution in [0.25, 0.3) is 5.52 Å². The average Bonchev–Trinajstić information content (AvgIpc) is 3.09. The molecule has 2 aromatic rings. The zero-order valence-electron chi connectivity index (χ0n) is 15.9. The van der Waals surface area contributed by atoms with Crippen LogP contribution in [0.15, 0.2) is 18.6 Å². The predicted octanol–water partition coefficient (Wildman–Crippen LogP) is 3.34. The summed E-state index contributed by atoms with van der Waals surface area (Å²) >= 11 is 0. The molecule has 0 amide bonds. The van der Waals surface area contributed by atoms with Gasteiger partial charge in [-0.2, -0.15) is 5.10 Å². The zero-order valence-corrected chi connectivity index (χ0v) is 15.9. The Morgan fingerprint density at radius 3 is 2.54 bits per heavy atom. The van der Waals surface area contributed by atoms with Crippen molar-refractivity contribution in [2.45, 2.75) is 76.4 Å². The Morgan fingerprint density at radius 2 is 1.81 bits per heavy atom. The molecule has 0 bridgehead atoms. The lowest BCUT2D eigenvalue weighted by molar-refractivity contribution is 0.0856. The second-order valence-electron chi connectivity index (χ2n) is 8.07. The molecule has 0 atom stereocenters. The Kier molecular flexibility index (Phi) is 5.41. The van der Waals surface area contributed by atoms with Gasteiger partial charge in [-0.25, -0.2) is 9.50 Å². The van der Waals surface area contributed by atoms with Crippen molar-refractivity contribution < 1.29 is 4.74 Å². The third-order valence-electron chi connectivity index (χ3n) is 5.78. The van der Waals surface area contributed by atoms with Gasteiger partial charge in [0.05, 0.1) is 0 Å².